The van der Waals surface area contributed by atoms with Gasteiger partial charge in [0.05, 0.1) is 0 Å². The number of hydrogen-bond donors (Lipinski definition) is 1. The van der Waals surface area contributed by atoms with Crippen molar-refractivity contribution in [3.63, 3.8) is 0 Å². The van der Waals surface area contributed by atoms with Gasteiger partial charge in [-0.2, -0.15) is 0 Å². The van der Waals surface area contributed by atoms with Crippen molar-refractivity contribution in [2.75, 3.05) is 7.11 Å². The van der Waals surface area contributed by atoms with Gasteiger partial charge in [0.1, 0.15) is 0 Å². The van der Waals surface area contributed by atoms with Crippen LogP contribution in [-0.2, 0) is 9.53 Å². The zero-order valence-corrected chi connectivity index (χ0v) is 8.38. The molecule has 1 saturated carbocycles. The zero-order chi connectivity index (χ0) is 9.90. The van der Waals surface area contributed by atoms with Crippen molar-refractivity contribution in [1.29, 1.82) is 0 Å². The van der Waals surface area contributed by atoms with E-state index in [4.69, 9.17) is 9.84 Å². The predicted molar refractivity (Wildman–Crippen MR) is 49.6 cm³/mol. The van der Waals surface area contributed by atoms with E-state index in [0.717, 1.165) is 19.3 Å². The predicted octanol–water partition coefficient (Wildman–Crippen LogP) is 2.06. The molecule has 3 heteroatoms. The number of methoxy groups -OCH3 is 1. The first-order chi connectivity index (χ1) is 6.14. The normalized spacial score (nSPS) is 34.5. The van der Waals surface area contributed by atoms with Crippen LogP contribution in [0.3, 0.4) is 0 Å². The molecule has 0 aromatic carbocycles. The lowest BCUT2D eigenvalue weighted by Gasteiger charge is -2.35. The number of aliphatic carboxylic acids is 1. The molecule has 13 heavy (non-hydrogen) atoms. The molecular formula is C10H18O3. The first kappa shape index (κ1) is 10.5. The summed E-state index contributed by atoms with van der Waals surface area (Å²) in [5.41, 5.74) is -0.883. The summed E-state index contributed by atoms with van der Waals surface area (Å²) in [7, 11) is 1.50. The molecule has 0 aliphatic heterocycles. The van der Waals surface area contributed by atoms with Crippen LogP contribution in [0.2, 0.25) is 0 Å². The van der Waals surface area contributed by atoms with Crippen molar-refractivity contribution in [3.8, 4) is 0 Å². The zero-order valence-electron chi connectivity index (χ0n) is 8.38. The van der Waals surface area contributed by atoms with E-state index >= 15 is 0 Å². The molecule has 0 atom stereocenters. The van der Waals surface area contributed by atoms with Gasteiger partial charge in [0.15, 0.2) is 5.60 Å². The first-order valence-electron chi connectivity index (χ1n) is 4.93. The number of carboxylic acids is 1. The molecule has 1 aliphatic carbocycles. The Labute approximate surface area is 79.1 Å². The maximum atomic E-state index is 11.0. The smallest absolute Gasteiger partial charge is 0.335 e. The molecule has 76 valence electrons. The fourth-order valence-electron chi connectivity index (χ4n) is 2.06. The lowest BCUT2D eigenvalue weighted by Crippen LogP contribution is -2.43. The molecule has 0 spiro atoms. The summed E-state index contributed by atoms with van der Waals surface area (Å²) in [6.07, 6.45) is 4.45. The van der Waals surface area contributed by atoms with Gasteiger partial charge in [-0.25, -0.2) is 4.79 Å². The van der Waals surface area contributed by atoms with Crippen molar-refractivity contribution in [2.45, 2.75) is 44.6 Å². The molecule has 0 aromatic rings. The Kier molecular flexibility index (Phi) is 3.31. The second-order valence-electron chi connectivity index (χ2n) is 3.86. The Bertz CT molecular complexity index is 181. The van der Waals surface area contributed by atoms with Crippen molar-refractivity contribution < 1.29 is 14.6 Å². The third kappa shape index (κ3) is 2.02. The van der Waals surface area contributed by atoms with Crippen LogP contribution in [0.1, 0.15) is 39.0 Å². The van der Waals surface area contributed by atoms with Gasteiger partial charge >= 0.3 is 5.97 Å². The fraction of sp³-hybridized carbons (Fsp3) is 0.900. The number of rotatable bonds is 3. The number of carbonyl (C=O) groups is 1. The van der Waals surface area contributed by atoms with Gasteiger partial charge in [-0.1, -0.05) is 13.3 Å². The minimum atomic E-state index is -0.883. The van der Waals surface area contributed by atoms with Crippen LogP contribution < -0.4 is 0 Å². The summed E-state index contributed by atoms with van der Waals surface area (Å²) in [5.74, 6) is -0.104. The van der Waals surface area contributed by atoms with E-state index in [0.29, 0.717) is 18.8 Å². The van der Waals surface area contributed by atoms with Crippen LogP contribution in [-0.4, -0.2) is 23.8 Å². The largest absolute Gasteiger partial charge is 0.479 e. The second kappa shape index (κ2) is 4.09. The maximum Gasteiger partial charge on any atom is 0.335 e. The van der Waals surface area contributed by atoms with Gasteiger partial charge in [0.2, 0.25) is 0 Å². The van der Waals surface area contributed by atoms with E-state index in [2.05, 4.69) is 6.92 Å². The number of ether oxygens (including phenoxy) is 1. The Morgan fingerprint density at radius 1 is 1.54 bits per heavy atom. The van der Waals surface area contributed by atoms with Crippen molar-refractivity contribution in [3.05, 3.63) is 0 Å². The molecule has 0 heterocycles. The highest BCUT2D eigenvalue weighted by molar-refractivity contribution is 5.77. The Balaban J connectivity index is 2.58. The van der Waals surface area contributed by atoms with Crippen LogP contribution in [0, 0.1) is 5.92 Å². The van der Waals surface area contributed by atoms with Crippen LogP contribution in [0.4, 0.5) is 0 Å². The van der Waals surface area contributed by atoms with Gasteiger partial charge in [-0.15, -0.1) is 0 Å². The number of carboxylic acid groups (broad SMARTS) is 1. The summed E-state index contributed by atoms with van der Waals surface area (Å²) in [5, 5.41) is 9.02. The summed E-state index contributed by atoms with van der Waals surface area (Å²) >= 11 is 0. The van der Waals surface area contributed by atoms with Gasteiger partial charge < -0.3 is 9.84 Å². The average molecular weight is 186 g/mol. The van der Waals surface area contributed by atoms with Crippen LogP contribution in [0.5, 0.6) is 0 Å². The standard InChI is InChI=1S/C10H18O3/c1-3-8-4-6-10(13-2,7-5-8)9(11)12/h8H,3-7H2,1-2H3,(H,11,12). The molecule has 1 rings (SSSR count). The van der Waals surface area contributed by atoms with Gasteiger partial charge in [0.25, 0.3) is 0 Å². The highest BCUT2D eigenvalue weighted by atomic mass is 16.5. The SMILES string of the molecule is CCC1CCC(OC)(C(=O)O)CC1. The summed E-state index contributed by atoms with van der Waals surface area (Å²) < 4.78 is 5.13. The molecule has 3 nitrogen and oxygen atoms in total. The molecule has 0 bridgehead atoms. The van der Waals surface area contributed by atoms with Gasteiger partial charge in [0, 0.05) is 7.11 Å². The monoisotopic (exact) mass is 186 g/mol. The Hall–Kier alpha value is -0.570. The van der Waals surface area contributed by atoms with Crippen LogP contribution >= 0.6 is 0 Å². The van der Waals surface area contributed by atoms with E-state index in [1.165, 1.54) is 7.11 Å². The van der Waals surface area contributed by atoms with Crippen molar-refractivity contribution in [2.24, 2.45) is 5.92 Å². The maximum absolute atomic E-state index is 11.0. The Morgan fingerprint density at radius 2 is 2.08 bits per heavy atom. The third-order valence-corrected chi connectivity index (χ3v) is 3.27. The summed E-state index contributed by atoms with van der Waals surface area (Å²) in [4.78, 5) is 11.0. The third-order valence-electron chi connectivity index (χ3n) is 3.27. The van der Waals surface area contributed by atoms with Crippen molar-refractivity contribution >= 4 is 5.97 Å². The van der Waals surface area contributed by atoms with Crippen LogP contribution in [0.25, 0.3) is 0 Å². The molecule has 0 unspecified atom stereocenters. The quantitative estimate of drug-likeness (QED) is 0.733. The van der Waals surface area contributed by atoms with E-state index in [1.807, 2.05) is 0 Å². The lowest BCUT2D eigenvalue weighted by molar-refractivity contribution is -0.167. The molecule has 0 amide bonds. The Morgan fingerprint density at radius 3 is 2.38 bits per heavy atom. The highest BCUT2D eigenvalue weighted by Gasteiger charge is 2.41. The molecule has 1 N–H and O–H groups in total. The van der Waals surface area contributed by atoms with E-state index in [1.54, 1.807) is 0 Å². The van der Waals surface area contributed by atoms with Gasteiger partial charge in [-0.3, -0.25) is 0 Å². The van der Waals surface area contributed by atoms with Crippen molar-refractivity contribution in [1.82, 2.24) is 0 Å². The molecule has 0 aromatic heterocycles. The molecule has 0 radical (unpaired) electrons. The number of hydrogen-bond acceptors (Lipinski definition) is 2. The van der Waals surface area contributed by atoms with Crippen LogP contribution in [0.15, 0.2) is 0 Å². The fourth-order valence-corrected chi connectivity index (χ4v) is 2.06. The lowest BCUT2D eigenvalue weighted by atomic mass is 9.78. The van der Waals surface area contributed by atoms with E-state index < -0.39 is 11.6 Å². The highest BCUT2D eigenvalue weighted by Crippen LogP contribution is 2.35. The summed E-state index contributed by atoms with van der Waals surface area (Å²) in [6, 6.07) is 0. The van der Waals surface area contributed by atoms with Gasteiger partial charge in [-0.05, 0) is 31.6 Å². The topological polar surface area (TPSA) is 46.5 Å². The molecule has 1 aliphatic rings. The minimum Gasteiger partial charge on any atom is -0.479 e. The average Bonchev–Trinajstić information content (AvgIpc) is 2.17. The summed E-state index contributed by atoms with van der Waals surface area (Å²) in [6.45, 7) is 2.16. The van der Waals surface area contributed by atoms with E-state index in [9.17, 15) is 4.79 Å². The van der Waals surface area contributed by atoms with E-state index in [-0.39, 0.29) is 0 Å². The minimum absolute atomic E-state index is 0.664. The molecular weight excluding hydrogens is 168 g/mol. The second-order valence-corrected chi connectivity index (χ2v) is 3.86. The molecule has 0 saturated heterocycles. The molecule has 1 fully saturated rings. The first-order valence-corrected chi connectivity index (χ1v) is 4.93.